The highest BCUT2D eigenvalue weighted by Crippen LogP contribution is 2.35. The summed E-state index contributed by atoms with van der Waals surface area (Å²) in [6.45, 7) is 2.17. The molecule has 1 N–H and O–H groups in total. The third-order valence-corrected chi connectivity index (χ3v) is 3.96. The van der Waals surface area contributed by atoms with Gasteiger partial charge in [0.15, 0.2) is 11.5 Å². The highest BCUT2D eigenvalue weighted by Gasteiger charge is 2.09. The molecule has 1 aromatic rings. The third kappa shape index (κ3) is 7.03. The molecule has 0 saturated carbocycles. The van der Waals surface area contributed by atoms with Gasteiger partial charge in [-0.1, -0.05) is 32.6 Å². The van der Waals surface area contributed by atoms with Gasteiger partial charge in [0.1, 0.15) is 0 Å². The number of hydrogen-bond donors (Lipinski definition) is 1. The molecule has 0 fully saturated rings. The summed E-state index contributed by atoms with van der Waals surface area (Å²) >= 11 is 3.42. The Morgan fingerprint density at radius 1 is 1.22 bits per heavy atom. The van der Waals surface area contributed by atoms with Crippen molar-refractivity contribution in [2.45, 2.75) is 45.4 Å². The van der Waals surface area contributed by atoms with E-state index in [4.69, 9.17) is 9.47 Å². The first kappa shape index (κ1) is 19.5. The molecule has 6 heteroatoms. The Bertz CT molecular complexity index is 533. The van der Waals surface area contributed by atoms with E-state index in [1.54, 1.807) is 26.5 Å². The van der Waals surface area contributed by atoms with Crippen LogP contribution < -0.4 is 14.9 Å². The topological polar surface area (TPSA) is 59.9 Å². The Kier molecular flexibility index (Phi) is 9.36. The van der Waals surface area contributed by atoms with Crippen LogP contribution in [0.4, 0.5) is 0 Å². The fourth-order valence-corrected chi connectivity index (χ4v) is 2.76. The average Bonchev–Trinajstić information content (AvgIpc) is 2.54. The number of rotatable bonds is 10. The summed E-state index contributed by atoms with van der Waals surface area (Å²) in [4.78, 5) is 11.7. The van der Waals surface area contributed by atoms with Crippen LogP contribution in [-0.2, 0) is 4.79 Å². The van der Waals surface area contributed by atoms with Crippen molar-refractivity contribution in [1.29, 1.82) is 0 Å². The van der Waals surface area contributed by atoms with Crippen LogP contribution in [0.1, 0.15) is 51.0 Å². The zero-order valence-electron chi connectivity index (χ0n) is 14.0. The van der Waals surface area contributed by atoms with Crippen molar-refractivity contribution in [1.82, 2.24) is 5.43 Å². The van der Waals surface area contributed by atoms with E-state index in [0.29, 0.717) is 17.9 Å². The van der Waals surface area contributed by atoms with Gasteiger partial charge in [0.2, 0.25) is 5.91 Å². The van der Waals surface area contributed by atoms with Crippen molar-refractivity contribution >= 4 is 28.1 Å². The molecule has 0 aliphatic heterocycles. The van der Waals surface area contributed by atoms with Crippen molar-refractivity contribution < 1.29 is 14.3 Å². The fourth-order valence-electron chi connectivity index (χ4n) is 2.14. The fraction of sp³-hybridized carbons (Fsp3) is 0.529. The number of carbonyl (C=O) groups excluding carboxylic acids is 1. The molecule has 0 unspecified atom stereocenters. The maximum Gasteiger partial charge on any atom is 0.240 e. The van der Waals surface area contributed by atoms with Crippen LogP contribution in [0.15, 0.2) is 21.7 Å². The molecular formula is C17H25BrN2O3. The molecule has 0 spiro atoms. The Labute approximate surface area is 146 Å². The van der Waals surface area contributed by atoms with Crippen LogP contribution in [-0.4, -0.2) is 26.3 Å². The molecule has 128 valence electrons. The number of halogens is 1. The third-order valence-electron chi connectivity index (χ3n) is 3.37. The van der Waals surface area contributed by atoms with Gasteiger partial charge in [-0.3, -0.25) is 4.79 Å². The highest BCUT2D eigenvalue weighted by molar-refractivity contribution is 9.10. The predicted octanol–water partition coefficient (Wildman–Crippen LogP) is 4.28. The Balaban J connectivity index is 2.48. The molecule has 1 rings (SSSR count). The molecule has 0 saturated heterocycles. The largest absolute Gasteiger partial charge is 0.493 e. The lowest BCUT2D eigenvalue weighted by Gasteiger charge is -2.10. The maximum atomic E-state index is 11.7. The van der Waals surface area contributed by atoms with Gasteiger partial charge in [-0.05, 0) is 40.0 Å². The standard InChI is InChI=1S/C17H25BrN2O3/c1-4-5-6-7-8-9-16(21)20-19-12-13-10-14(18)17(23-3)15(11-13)22-2/h10-12H,4-9H2,1-3H3,(H,20,21). The van der Waals surface area contributed by atoms with Crippen LogP contribution in [0.25, 0.3) is 0 Å². The van der Waals surface area contributed by atoms with Gasteiger partial charge in [0.25, 0.3) is 0 Å². The van der Waals surface area contributed by atoms with Crippen molar-refractivity contribution in [3.8, 4) is 11.5 Å². The van der Waals surface area contributed by atoms with Crippen molar-refractivity contribution in [3.63, 3.8) is 0 Å². The minimum absolute atomic E-state index is 0.0581. The number of methoxy groups -OCH3 is 2. The van der Waals surface area contributed by atoms with Crippen LogP contribution in [0, 0.1) is 0 Å². The van der Waals surface area contributed by atoms with Crippen LogP contribution in [0.5, 0.6) is 11.5 Å². The molecule has 0 aromatic heterocycles. The molecule has 0 radical (unpaired) electrons. The lowest BCUT2D eigenvalue weighted by molar-refractivity contribution is -0.121. The van der Waals surface area contributed by atoms with E-state index in [1.807, 2.05) is 6.07 Å². The zero-order chi connectivity index (χ0) is 17.1. The van der Waals surface area contributed by atoms with Crippen LogP contribution >= 0.6 is 15.9 Å². The van der Waals surface area contributed by atoms with Crippen molar-refractivity contribution in [2.24, 2.45) is 5.10 Å². The van der Waals surface area contributed by atoms with E-state index < -0.39 is 0 Å². The van der Waals surface area contributed by atoms with E-state index in [9.17, 15) is 4.79 Å². The van der Waals surface area contributed by atoms with Gasteiger partial charge < -0.3 is 9.47 Å². The number of amides is 1. The number of benzene rings is 1. The van der Waals surface area contributed by atoms with Crippen molar-refractivity contribution in [2.75, 3.05) is 14.2 Å². The summed E-state index contributed by atoms with van der Waals surface area (Å²) < 4.78 is 11.3. The quantitative estimate of drug-likeness (QED) is 0.372. The lowest BCUT2D eigenvalue weighted by atomic mass is 10.1. The van der Waals surface area contributed by atoms with E-state index in [0.717, 1.165) is 22.9 Å². The Hall–Kier alpha value is -1.56. The lowest BCUT2D eigenvalue weighted by Crippen LogP contribution is -2.16. The van der Waals surface area contributed by atoms with Gasteiger partial charge >= 0.3 is 0 Å². The molecule has 0 atom stereocenters. The minimum atomic E-state index is -0.0581. The zero-order valence-corrected chi connectivity index (χ0v) is 15.6. The summed E-state index contributed by atoms with van der Waals surface area (Å²) in [5.74, 6) is 1.17. The molecule has 1 amide bonds. The van der Waals surface area contributed by atoms with Crippen LogP contribution in [0.2, 0.25) is 0 Å². The summed E-state index contributed by atoms with van der Waals surface area (Å²) in [7, 11) is 3.16. The van der Waals surface area contributed by atoms with Gasteiger partial charge in [-0.15, -0.1) is 0 Å². The molecule has 23 heavy (non-hydrogen) atoms. The maximum absolute atomic E-state index is 11.7. The van der Waals surface area contributed by atoms with E-state index in [2.05, 4.69) is 33.4 Å². The molecule has 1 aromatic carbocycles. The number of nitrogens with one attached hydrogen (secondary N) is 1. The van der Waals surface area contributed by atoms with E-state index >= 15 is 0 Å². The van der Waals surface area contributed by atoms with Gasteiger partial charge in [0, 0.05) is 6.42 Å². The molecule has 0 aliphatic rings. The van der Waals surface area contributed by atoms with E-state index in [-0.39, 0.29) is 5.91 Å². The second kappa shape index (κ2) is 11.0. The molecule has 0 aliphatic carbocycles. The highest BCUT2D eigenvalue weighted by atomic mass is 79.9. The first-order valence-corrected chi connectivity index (χ1v) is 8.65. The number of ether oxygens (including phenoxy) is 2. The second-order valence-electron chi connectivity index (χ2n) is 5.20. The summed E-state index contributed by atoms with van der Waals surface area (Å²) in [6.07, 6.45) is 7.72. The summed E-state index contributed by atoms with van der Waals surface area (Å²) in [5.41, 5.74) is 3.35. The second-order valence-corrected chi connectivity index (χ2v) is 6.05. The van der Waals surface area contributed by atoms with Gasteiger partial charge in [0.05, 0.1) is 24.9 Å². The van der Waals surface area contributed by atoms with Gasteiger partial charge in [-0.2, -0.15) is 5.10 Å². The minimum Gasteiger partial charge on any atom is -0.493 e. The molecule has 0 bridgehead atoms. The first-order chi connectivity index (χ1) is 11.1. The van der Waals surface area contributed by atoms with E-state index in [1.165, 1.54) is 19.3 Å². The molecular weight excluding hydrogens is 360 g/mol. The van der Waals surface area contributed by atoms with Crippen LogP contribution in [0.3, 0.4) is 0 Å². The normalized spacial score (nSPS) is 10.8. The number of nitrogens with zero attached hydrogens (tertiary/aromatic N) is 1. The summed E-state index contributed by atoms with van der Waals surface area (Å²) in [5, 5.41) is 3.99. The predicted molar refractivity (Wildman–Crippen MR) is 96.4 cm³/mol. The average molecular weight is 385 g/mol. The number of unbranched alkanes of at least 4 members (excludes halogenated alkanes) is 4. The smallest absolute Gasteiger partial charge is 0.240 e. The van der Waals surface area contributed by atoms with Gasteiger partial charge in [-0.25, -0.2) is 5.43 Å². The SMILES string of the molecule is CCCCCCCC(=O)NN=Cc1cc(Br)c(OC)c(OC)c1. The number of hydrogen-bond acceptors (Lipinski definition) is 4. The Morgan fingerprint density at radius 3 is 2.61 bits per heavy atom. The first-order valence-electron chi connectivity index (χ1n) is 7.85. The summed E-state index contributed by atoms with van der Waals surface area (Å²) in [6, 6.07) is 3.64. The molecule has 5 nitrogen and oxygen atoms in total. The number of hydrazone groups is 1. The van der Waals surface area contributed by atoms with Crippen molar-refractivity contribution in [3.05, 3.63) is 22.2 Å². The monoisotopic (exact) mass is 384 g/mol. The Morgan fingerprint density at radius 2 is 1.96 bits per heavy atom. The molecule has 0 heterocycles. The number of carbonyl (C=O) groups is 1.